The maximum atomic E-state index is 4.80. The van der Waals surface area contributed by atoms with Crippen LogP contribution in [0.4, 0.5) is 0 Å². The van der Waals surface area contributed by atoms with Crippen LogP contribution in [0, 0.1) is 0 Å². The summed E-state index contributed by atoms with van der Waals surface area (Å²) in [5, 5.41) is 0. The molecular formula is C13H13NSe. The predicted octanol–water partition coefficient (Wildman–Crippen LogP) is 2.68. The van der Waals surface area contributed by atoms with Crippen molar-refractivity contribution in [1.29, 1.82) is 0 Å². The summed E-state index contributed by atoms with van der Waals surface area (Å²) in [4.78, 5) is 4.80. The third kappa shape index (κ3) is 1.80. The van der Waals surface area contributed by atoms with Crippen molar-refractivity contribution in [3.8, 4) is 10.1 Å². The van der Waals surface area contributed by atoms with Crippen LogP contribution in [-0.4, -0.2) is 19.5 Å². The molecule has 1 nitrogen and oxygen atoms in total. The summed E-state index contributed by atoms with van der Waals surface area (Å²) < 4.78 is 3.00. The Bertz CT molecular complexity index is 435. The van der Waals surface area contributed by atoms with Crippen molar-refractivity contribution in [3.05, 3.63) is 40.5 Å². The SMILES string of the molecule is c1ccc(-c2nc3c([se]2)CCCC3)cc1. The molecule has 3 rings (SSSR count). The van der Waals surface area contributed by atoms with Crippen molar-refractivity contribution in [1.82, 2.24) is 4.98 Å². The molecule has 0 saturated carbocycles. The summed E-state index contributed by atoms with van der Waals surface area (Å²) in [6.45, 7) is 0. The number of nitrogens with zero attached hydrogens (tertiary/aromatic N) is 1. The van der Waals surface area contributed by atoms with E-state index in [-0.39, 0.29) is 0 Å². The molecule has 0 N–H and O–H groups in total. The molecule has 0 radical (unpaired) electrons. The number of rotatable bonds is 1. The number of hydrogen-bond acceptors (Lipinski definition) is 1. The predicted molar refractivity (Wildman–Crippen MR) is 63.3 cm³/mol. The van der Waals surface area contributed by atoms with Gasteiger partial charge in [-0.05, 0) is 0 Å². The zero-order chi connectivity index (χ0) is 10.1. The van der Waals surface area contributed by atoms with Crippen LogP contribution in [0.1, 0.15) is 23.0 Å². The van der Waals surface area contributed by atoms with Gasteiger partial charge in [-0.15, -0.1) is 0 Å². The van der Waals surface area contributed by atoms with Crippen LogP contribution in [0.5, 0.6) is 0 Å². The van der Waals surface area contributed by atoms with Crippen molar-refractivity contribution in [3.63, 3.8) is 0 Å². The topological polar surface area (TPSA) is 12.9 Å². The summed E-state index contributed by atoms with van der Waals surface area (Å²) in [5.74, 6) is 0. The van der Waals surface area contributed by atoms with Gasteiger partial charge >= 0.3 is 95.8 Å². The molecule has 1 heterocycles. The van der Waals surface area contributed by atoms with E-state index in [0.717, 1.165) is 0 Å². The molecule has 0 saturated heterocycles. The molecule has 0 unspecified atom stereocenters. The molecule has 15 heavy (non-hydrogen) atoms. The third-order valence-electron chi connectivity index (χ3n) is 2.87. The van der Waals surface area contributed by atoms with Gasteiger partial charge in [-0.1, -0.05) is 0 Å². The minimum absolute atomic E-state index is 0.511. The van der Waals surface area contributed by atoms with Crippen LogP contribution >= 0.6 is 0 Å². The van der Waals surface area contributed by atoms with E-state index in [1.807, 2.05) is 0 Å². The Kier molecular flexibility index (Phi) is 2.47. The van der Waals surface area contributed by atoms with E-state index in [2.05, 4.69) is 30.3 Å². The van der Waals surface area contributed by atoms with Gasteiger partial charge in [-0.25, -0.2) is 0 Å². The fourth-order valence-corrected chi connectivity index (χ4v) is 4.48. The number of benzene rings is 1. The fourth-order valence-electron chi connectivity index (χ4n) is 2.06. The average molecular weight is 262 g/mol. The summed E-state index contributed by atoms with van der Waals surface area (Å²) >= 11 is 0.511. The molecule has 0 bridgehead atoms. The van der Waals surface area contributed by atoms with Crippen LogP contribution in [0.2, 0.25) is 0 Å². The van der Waals surface area contributed by atoms with Crippen molar-refractivity contribution >= 4 is 14.5 Å². The monoisotopic (exact) mass is 263 g/mol. The van der Waals surface area contributed by atoms with Gasteiger partial charge in [0, 0.05) is 0 Å². The van der Waals surface area contributed by atoms with Gasteiger partial charge in [0.1, 0.15) is 0 Å². The number of hydrogen-bond donors (Lipinski definition) is 0. The van der Waals surface area contributed by atoms with Gasteiger partial charge in [-0.2, -0.15) is 0 Å². The average Bonchev–Trinajstić information content (AvgIpc) is 2.74. The zero-order valence-corrected chi connectivity index (χ0v) is 10.3. The summed E-state index contributed by atoms with van der Waals surface area (Å²) in [6, 6.07) is 10.6. The Morgan fingerprint density at radius 2 is 1.80 bits per heavy atom. The third-order valence-corrected chi connectivity index (χ3v) is 5.40. The maximum absolute atomic E-state index is 4.80. The second-order valence-electron chi connectivity index (χ2n) is 3.96. The Morgan fingerprint density at radius 3 is 2.60 bits per heavy atom. The molecule has 0 spiro atoms. The molecule has 0 amide bonds. The van der Waals surface area contributed by atoms with Gasteiger partial charge in [0.15, 0.2) is 0 Å². The van der Waals surface area contributed by atoms with Crippen LogP contribution < -0.4 is 0 Å². The summed E-state index contributed by atoms with van der Waals surface area (Å²) in [5.41, 5.74) is 2.74. The zero-order valence-electron chi connectivity index (χ0n) is 8.57. The Hall–Kier alpha value is -0.851. The summed E-state index contributed by atoms with van der Waals surface area (Å²) in [6.07, 6.45) is 5.22. The molecule has 1 aromatic heterocycles. The molecule has 76 valence electrons. The van der Waals surface area contributed by atoms with Gasteiger partial charge in [0.2, 0.25) is 0 Å². The Morgan fingerprint density at radius 1 is 1.00 bits per heavy atom. The van der Waals surface area contributed by atoms with E-state index in [0.29, 0.717) is 14.5 Å². The molecule has 0 atom stereocenters. The molecule has 2 heteroatoms. The standard InChI is InChI=1S/C13H13NSe/c1-2-6-10(7-3-1)13-14-11-8-4-5-9-12(11)15-13/h1-3,6-7H,4-5,8-9H2. The van der Waals surface area contributed by atoms with Gasteiger partial charge in [0.05, 0.1) is 0 Å². The van der Waals surface area contributed by atoms with E-state index in [9.17, 15) is 0 Å². The first-order chi connectivity index (χ1) is 7.43. The first kappa shape index (κ1) is 9.38. The van der Waals surface area contributed by atoms with Crippen molar-refractivity contribution in [2.24, 2.45) is 0 Å². The molecule has 1 aliphatic rings. The van der Waals surface area contributed by atoms with E-state index in [4.69, 9.17) is 4.98 Å². The van der Waals surface area contributed by atoms with E-state index in [1.54, 1.807) is 4.44 Å². The minimum atomic E-state index is 0.511. The number of aromatic nitrogens is 1. The van der Waals surface area contributed by atoms with Crippen LogP contribution in [0.25, 0.3) is 10.1 Å². The van der Waals surface area contributed by atoms with E-state index < -0.39 is 0 Å². The second kappa shape index (κ2) is 3.96. The molecule has 0 aliphatic heterocycles. The molecule has 2 aromatic rings. The van der Waals surface area contributed by atoms with Crippen LogP contribution in [0.3, 0.4) is 0 Å². The quantitative estimate of drug-likeness (QED) is 0.720. The molecule has 1 aliphatic carbocycles. The molecule has 1 aromatic carbocycles. The number of aryl methyl sites for hydroxylation is 2. The van der Waals surface area contributed by atoms with Gasteiger partial charge in [-0.3, -0.25) is 0 Å². The Balaban J connectivity index is 2.03. The van der Waals surface area contributed by atoms with Gasteiger partial charge in [0.25, 0.3) is 0 Å². The van der Waals surface area contributed by atoms with Crippen LogP contribution in [0.15, 0.2) is 30.3 Å². The van der Waals surface area contributed by atoms with Gasteiger partial charge < -0.3 is 0 Å². The first-order valence-electron chi connectivity index (χ1n) is 5.47. The van der Waals surface area contributed by atoms with Crippen molar-refractivity contribution in [2.75, 3.05) is 0 Å². The second-order valence-corrected chi connectivity index (χ2v) is 6.24. The number of fused-ring (bicyclic) bond motifs is 1. The summed E-state index contributed by atoms with van der Waals surface area (Å²) in [7, 11) is 0. The normalized spacial score (nSPS) is 14.9. The fraction of sp³-hybridized carbons (Fsp3) is 0.308. The van der Waals surface area contributed by atoms with Crippen LogP contribution in [-0.2, 0) is 12.8 Å². The van der Waals surface area contributed by atoms with E-state index >= 15 is 0 Å². The molecule has 0 fully saturated rings. The first-order valence-corrected chi connectivity index (χ1v) is 7.19. The van der Waals surface area contributed by atoms with Crippen molar-refractivity contribution < 1.29 is 0 Å². The van der Waals surface area contributed by atoms with E-state index in [1.165, 1.54) is 41.5 Å². The molecular weight excluding hydrogens is 249 g/mol. The Labute approximate surface area is 95.9 Å². The van der Waals surface area contributed by atoms with Crippen molar-refractivity contribution in [2.45, 2.75) is 25.7 Å².